The SMILES string of the molecule is NC(=O)c1cnn2c1OC(CO)CC2. The van der Waals surface area contributed by atoms with E-state index in [9.17, 15) is 4.79 Å². The van der Waals surface area contributed by atoms with Gasteiger partial charge in [-0.05, 0) is 0 Å². The summed E-state index contributed by atoms with van der Waals surface area (Å²) >= 11 is 0. The Kier molecular flexibility index (Phi) is 2.12. The summed E-state index contributed by atoms with van der Waals surface area (Å²) in [7, 11) is 0. The van der Waals surface area contributed by atoms with Crippen LogP contribution in [0, 0.1) is 0 Å². The summed E-state index contributed by atoms with van der Waals surface area (Å²) < 4.78 is 6.94. The Morgan fingerprint density at radius 1 is 1.86 bits per heavy atom. The van der Waals surface area contributed by atoms with Gasteiger partial charge in [0.25, 0.3) is 5.91 Å². The van der Waals surface area contributed by atoms with Crippen LogP contribution in [0.5, 0.6) is 5.88 Å². The Hall–Kier alpha value is -1.56. The van der Waals surface area contributed by atoms with Gasteiger partial charge in [-0.15, -0.1) is 0 Å². The number of amides is 1. The van der Waals surface area contributed by atoms with Crippen LogP contribution < -0.4 is 10.5 Å². The molecule has 0 aliphatic carbocycles. The lowest BCUT2D eigenvalue weighted by molar-refractivity contribution is 0.0711. The fourth-order valence-corrected chi connectivity index (χ4v) is 1.44. The van der Waals surface area contributed by atoms with Crippen molar-refractivity contribution in [2.24, 2.45) is 5.73 Å². The molecule has 0 spiro atoms. The molecule has 76 valence electrons. The molecule has 1 aromatic rings. The molecule has 14 heavy (non-hydrogen) atoms. The van der Waals surface area contributed by atoms with Crippen molar-refractivity contribution in [3.63, 3.8) is 0 Å². The first-order valence-corrected chi connectivity index (χ1v) is 4.35. The smallest absolute Gasteiger partial charge is 0.255 e. The first kappa shape index (κ1) is 9.01. The van der Waals surface area contributed by atoms with Crippen molar-refractivity contribution >= 4 is 5.91 Å². The average molecular weight is 197 g/mol. The predicted molar refractivity (Wildman–Crippen MR) is 46.9 cm³/mol. The third kappa shape index (κ3) is 1.33. The van der Waals surface area contributed by atoms with Crippen LogP contribution >= 0.6 is 0 Å². The number of nitrogens with two attached hydrogens (primary N) is 1. The van der Waals surface area contributed by atoms with Gasteiger partial charge in [0.2, 0.25) is 5.88 Å². The highest BCUT2D eigenvalue weighted by atomic mass is 16.5. The van der Waals surface area contributed by atoms with Gasteiger partial charge in [0, 0.05) is 13.0 Å². The second-order valence-electron chi connectivity index (χ2n) is 3.16. The molecule has 2 rings (SSSR count). The van der Waals surface area contributed by atoms with E-state index in [0.717, 1.165) is 0 Å². The van der Waals surface area contributed by atoms with Crippen molar-refractivity contribution < 1.29 is 14.6 Å². The molecule has 0 saturated carbocycles. The maximum absolute atomic E-state index is 11.0. The van der Waals surface area contributed by atoms with Crippen LogP contribution in [0.4, 0.5) is 0 Å². The Balaban J connectivity index is 2.32. The summed E-state index contributed by atoms with van der Waals surface area (Å²) in [5.74, 6) is -0.201. The maximum Gasteiger partial charge on any atom is 0.255 e. The minimum atomic E-state index is -0.565. The number of aryl methyl sites for hydroxylation is 1. The molecule has 1 aliphatic heterocycles. The molecular formula is C8H11N3O3. The van der Waals surface area contributed by atoms with E-state index < -0.39 is 5.91 Å². The van der Waals surface area contributed by atoms with Gasteiger partial charge in [-0.2, -0.15) is 5.10 Å². The highest BCUT2D eigenvalue weighted by molar-refractivity contribution is 5.94. The fourth-order valence-electron chi connectivity index (χ4n) is 1.44. The van der Waals surface area contributed by atoms with Crippen LogP contribution in [0.1, 0.15) is 16.8 Å². The number of fused-ring (bicyclic) bond motifs is 1. The van der Waals surface area contributed by atoms with E-state index in [1.807, 2.05) is 0 Å². The summed E-state index contributed by atoms with van der Waals surface area (Å²) in [5, 5.41) is 12.9. The number of aromatic nitrogens is 2. The van der Waals surface area contributed by atoms with Gasteiger partial charge in [-0.3, -0.25) is 4.79 Å². The molecule has 0 aromatic carbocycles. The standard InChI is InChI=1S/C8H11N3O3/c9-7(13)6-3-10-11-2-1-5(4-12)14-8(6)11/h3,5,12H,1-2,4H2,(H2,9,13). The maximum atomic E-state index is 11.0. The lowest BCUT2D eigenvalue weighted by atomic mass is 10.2. The summed E-state index contributed by atoms with van der Waals surface area (Å²) in [5.41, 5.74) is 5.40. The summed E-state index contributed by atoms with van der Waals surface area (Å²) in [6.45, 7) is 0.567. The molecule has 0 bridgehead atoms. The zero-order valence-corrected chi connectivity index (χ0v) is 7.51. The molecule has 1 amide bonds. The van der Waals surface area contributed by atoms with Crippen molar-refractivity contribution in [2.45, 2.75) is 19.1 Å². The first-order valence-electron chi connectivity index (χ1n) is 4.35. The van der Waals surface area contributed by atoms with Crippen LogP contribution in [0.25, 0.3) is 0 Å². The van der Waals surface area contributed by atoms with Crippen LogP contribution in [0.3, 0.4) is 0 Å². The van der Waals surface area contributed by atoms with Crippen LogP contribution in [-0.4, -0.2) is 33.5 Å². The summed E-state index contributed by atoms with van der Waals surface area (Å²) in [6, 6.07) is 0. The van der Waals surface area contributed by atoms with E-state index in [0.29, 0.717) is 18.8 Å². The van der Waals surface area contributed by atoms with Gasteiger partial charge in [-0.25, -0.2) is 4.68 Å². The quantitative estimate of drug-likeness (QED) is 0.644. The first-order chi connectivity index (χ1) is 6.72. The number of hydrogen-bond acceptors (Lipinski definition) is 4. The summed E-state index contributed by atoms with van der Waals surface area (Å²) in [6.07, 6.45) is 1.80. The molecule has 1 aliphatic rings. The second kappa shape index (κ2) is 3.30. The molecule has 1 unspecified atom stereocenters. The topological polar surface area (TPSA) is 90.4 Å². The van der Waals surface area contributed by atoms with Gasteiger partial charge < -0.3 is 15.6 Å². The lowest BCUT2D eigenvalue weighted by Crippen LogP contribution is -2.30. The van der Waals surface area contributed by atoms with Crippen molar-refractivity contribution in [3.05, 3.63) is 11.8 Å². The average Bonchev–Trinajstić information content (AvgIpc) is 2.59. The normalized spacial score (nSPS) is 19.9. The molecule has 6 nitrogen and oxygen atoms in total. The van der Waals surface area contributed by atoms with E-state index in [2.05, 4.69) is 5.10 Å². The number of aliphatic hydroxyl groups excluding tert-OH is 1. The van der Waals surface area contributed by atoms with Crippen LogP contribution in [0.2, 0.25) is 0 Å². The number of ether oxygens (including phenoxy) is 1. The van der Waals surface area contributed by atoms with E-state index >= 15 is 0 Å². The molecule has 2 heterocycles. The van der Waals surface area contributed by atoms with Crippen LogP contribution in [0.15, 0.2) is 6.20 Å². The molecule has 6 heteroatoms. The molecule has 3 N–H and O–H groups in total. The minimum absolute atomic E-state index is 0.0661. The minimum Gasteiger partial charge on any atom is -0.471 e. The zero-order chi connectivity index (χ0) is 10.1. The molecule has 0 radical (unpaired) electrons. The van der Waals surface area contributed by atoms with Crippen LogP contribution in [-0.2, 0) is 6.54 Å². The second-order valence-corrected chi connectivity index (χ2v) is 3.16. The zero-order valence-electron chi connectivity index (χ0n) is 7.51. The van der Waals surface area contributed by atoms with Gasteiger partial charge in [0.1, 0.15) is 11.7 Å². The van der Waals surface area contributed by atoms with E-state index in [1.165, 1.54) is 6.20 Å². The Labute approximate surface area is 80.3 Å². The molecule has 0 saturated heterocycles. The number of primary amides is 1. The molecule has 0 fully saturated rings. The molecule has 1 atom stereocenters. The summed E-state index contributed by atoms with van der Waals surface area (Å²) in [4.78, 5) is 11.0. The molecular weight excluding hydrogens is 186 g/mol. The number of carbonyl (C=O) groups excluding carboxylic acids is 1. The number of hydrogen-bond donors (Lipinski definition) is 2. The van der Waals surface area contributed by atoms with E-state index in [4.69, 9.17) is 15.6 Å². The van der Waals surface area contributed by atoms with Gasteiger partial charge in [0.05, 0.1) is 12.8 Å². The Bertz CT molecular complexity index is 361. The van der Waals surface area contributed by atoms with Crippen molar-refractivity contribution in [1.82, 2.24) is 9.78 Å². The highest BCUT2D eigenvalue weighted by Crippen LogP contribution is 2.24. The van der Waals surface area contributed by atoms with E-state index in [-0.39, 0.29) is 18.3 Å². The van der Waals surface area contributed by atoms with Gasteiger partial charge in [-0.1, -0.05) is 0 Å². The third-order valence-corrected chi connectivity index (χ3v) is 2.20. The van der Waals surface area contributed by atoms with Gasteiger partial charge in [0.15, 0.2) is 0 Å². The number of carbonyl (C=O) groups is 1. The monoisotopic (exact) mass is 197 g/mol. The predicted octanol–water partition coefficient (Wildman–Crippen LogP) is -0.875. The number of aliphatic hydroxyl groups is 1. The lowest BCUT2D eigenvalue weighted by Gasteiger charge is -2.23. The van der Waals surface area contributed by atoms with Crippen molar-refractivity contribution in [3.8, 4) is 5.88 Å². The van der Waals surface area contributed by atoms with Gasteiger partial charge >= 0.3 is 0 Å². The van der Waals surface area contributed by atoms with Crippen molar-refractivity contribution in [1.29, 1.82) is 0 Å². The number of nitrogens with zero attached hydrogens (tertiary/aromatic N) is 2. The van der Waals surface area contributed by atoms with Crippen molar-refractivity contribution in [2.75, 3.05) is 6.61 Å². The third-order valence-electron chi connectivity index (χ3n) is 2.20. The fraction of sp³-hybridized carbons (Fsp3) is 0.500. The Morgan fingerprint density at radius 3 is 3.29 bits per heavy atom. The largest absolute Gasteiger partial charge is 0.471 e. The number of rotatable bonds is 2. The molecule has 1 aromatic heterocycles. The Morgan fingerprint density at radius 2 is 2.64 bits per heavy atom. The van der Waals surface area contributed by atoms with E-state index in [1.54, 1.807) is 4.68 Å². The highest BCUT2D eigenvalue weighted by Gasteiger charge is 2.24.